The van der Waals surface area contributed by atoms with E-state index in [4.69, 9.17) is 9.47 Å². The summed E-state index contributed by atoms with van der Waals surface area (Å²) in [5.41, 5.74) is -0.475. The van der Waals surface area contributed by atoms with Crippen molar-refractivity contribution in [1.29, 1.82) is 0 Å². The number of pyridine rings is 1. The number of hydrogen-bond acceptors (Lipinski definition) is 4. The van der Waals surface area contributed by atoms with Crippen LogP contribution in [0.15, 0.2) is 22.9 Å². The fourth-order valence-corrected chi connectivity index (χ4v) is 2.56. The molecular weight excluding hydrogens is 336 g/mol. The minimum atomic E-state index is -0.475. The molecule has 1 atom stereocenters. The van der Waals surface area contributed by atoms with Crippen LogP contribution in [0, 0.1) is 0 Å². The van der Waals surface area contributed by atoms with E-state index in [0.29, 0.717) is 12.4 Å². The number of nitrogens with zero attached hydrogens (tertiary/aromatic N) is 2. The van der Waals surface area contributed by atoms with E-state index in [1.807, 2.05) is 26.8 Å². The summed E-state index contributed by atoms with van der Waals surface area (Å²) in [6, 6.07) is 1.88. The maximum absolute atomic E-state index is 12.2. The van der Waals surface area contributed by atoms with E-state index in [9.17, 15) is 4.79 Å². The summed E-state index contributed by atoms with van der Waals surface area (Å²) < 4.78 is 12.1. The van der Waals surface area contributed by atoms with Gasteiger partial charge in [-0.2, -0.15) is 0 Å². The monoisotopic (exact) mass is 356 g/mol. The lowest BCUT2D eigenvalue weighted by molar-refractivity contribution is 0.0187. The van der Waals surface area contributed by atoms with E-state index in [1.165, 1.54) is 0 Å². The Morgan fingerprint density at radius 3 is 2.95 bits per heavy atom. The van der Waals surface area contributed by atoms with Crippen LogP contribution in [0.25, 0.3) is 0 Å². The lowest BCUT2D eigenvalue weighted by Crippen LogP contribution is -2.42. The SMILES string of the molecule is CC(C)(C)OC(=O)N1CCCC1COc1cnccc1Br. The van der Waals surface area contributed by atoms with Gasteiger partial charge in [0.2, 0.25) is 0 Å². The molecule has 21 heavy (non-hydrogen) atoms. The van der Waals surface area contributed by atoms with Crippen molar-refractivity contribution in [2.24, 2.45) is 0 Å². The molecule has 6 heteroatoms. The molecule has 1 saturated heterocycles. The molecule has 1 amide bonds. The summed E-state index contributed by atoms with van der Waals surface area (Å²) in [6.45, 7) is 6.79. The van der Waals surface area contributed by atoms with Crippen molar-refractivity contribution in [3.63, 3.8) is 0 Å². The fourth-order valence-electron chi connectivity index (χ4n) is 2.23. The normalized spacial score (nSPS) is 18.7. The number of ether oxygens (including phenoxy) is 2. The minimum absolute atomic E-state index is 0.0481. The van der Waals surface area contributed by atoms with Crippen molar-refractivity contribution in [1.82, 2.24) is 9.88 Å². The molecule has 0 spiro atoms. The van der Waals surface area contributed by atoms with E-state index in [0.717, 1.165) is 23.9 Å². The number of aromatic nitrogens is 1. The maximum atomic E-state index is 12.2. The van der Waals surface area contributed by atoms with E-state index in [-0.39, 0.29) is 12.1 Å². The number of likely N-dealkylation sites (tertiary alicyclic amines) is 1. The third-order valence-corrected chi connectivity index (χ3v) is 3.83. The van der Waals surface area contributed by atoms with Crippen LogP contribution in [-0.4, -0.2) is 40.8 Å². The van der Waals surface area contributed by atoms with Crippen LogP contribution in [0.3, 0.4) is 0 Å². The van der Waals surface area contributed by atoms with Crippen LogP contribution in [0.5, 0.6) is 5.75 Å². The molecule has 1 aromatic heterocycles. The van der Waals surface area contributed by atoms with E-state index >= 15 is 0 Å². The number of rotatable bonds is 3. The van der Waals surface area contributed by atoms with Gasteiger partial charge in [0.25, 0.3) is 0 Å². The van der Waals surface area contributed by atoms with Crippen molar-refractivity contribution >= 4 is 22.0 Å². The van der Waals surface area contributed by atoms with Crippen LogP contribution < -0.4 is 4.74 Å². The lowest BCUT2D eigenvalue weighted by atomic mass is 10.2. The molecule has 0 aromatic carbocycles. The summed E-state index contributed by atoms with van der Waals surface area (Å²) >= 11 is 3.42. The first-order valence-corrected chi connectivity index (χ1v) is 7.88. The number of carbonyl (C=O) groups is 1. The van der Waals surface area contributed by atoms with Gasteiger partial charge in [-0.05, 0) is 55.6 Å². The number of amides is 1. The molecule has 2 heterocycles. The Hall–Kier alpha value is -1.30. The van der Waals surface area contributed by atoms with Crippen molar-refractivity contribution in [3.8, 4) is 5.75 Å². The summed E-state index contributed by atoms with van der Waals surface area (Å²) in [4.78, 5) is 18.0. The van der Waals surface area contributed by atoms with Crippen LogP contribution >= 0.6 is 15.9 Å². The lowest BCUT2D eigenvalue weighted by Gasteiger charge is -2.28. The van der Waals surface area contributed by atoms with Crippen molar-refractivity contribution < 1.29 is 14.3 Å². The van der Waals surface area contributed by atoms with Gasteiger partial charge in [0.1, 0.15) is 12.2 Å². The molecule has 1 aliphatic rings. The molecule has 1 fully saturated rings. The van der Waals surface area contributed by atoms with Gasteiger partial charge in [-0.1, -0.05) is 0 Å². The molecule has 0 radical (unpaired) electrons. The molecule has 0 bridgehead atoms. The highest BCUT2D eigenvalue weighted by molar-refractivity contribution is 9.10. The van der Waals surface area contributed by atoms with Gasteiger partial charge >= 0.3 is 6.09 Å². The van der Waals surface area contributed by atoms with Crippen molar-refractivity contribution in [2.75, 3.05) is 13.2 Å². The topological polar surface area (TPSA) is 51.7 Å². The molecule has 2 rings (SSSR count). The van der Waals surface area contributed by atoms with Gasteiger partial charge in [-0.3, -0.25) is 4.98 Å². The maximum Gasteiger partial charge on any atom is 0.410 e. The fraction of sp³-hybridized carbons (Fsp3) is 0.600. The van der Waals surface area contributed by atoms with Crippen molar-refractivity contribution in [2.45, 2.75) is 45.3 Å². The Labute approximate surface area is 133 Å². The standard InChI is InChI=1S/C15H21BrN2O3/c1-15(2,3)21-14(19)18-8-4-5-11(18)10-20-13-9-17-7-6-12(13)16/h6-7,9,11H,4-5,8,10H2,1-3H3. The predicted octanol–water partition coefficient (Wildman–Crippen LogP) is 3.62. The smallest absolute Gasteiger partial charge is 0.410 e. The summed E-state index contributed by atoms with van der Waals surface area (Å²) in [6.07, 6.45) is 4.99. The molecule has 1 aliphatic heterocycles. The molecule has 1 unspecified atom stereocenters. The second-order valence-electron chi connectivity index (χ2n) is 6.09. The Kier molecular flexibility index (Phi) is 5.08. The Morgan fingerprint density at radius 1 is 1.52 bits per heavy atom. The summed E-state index contributed by atoms with van der Waals surface area (Å²) in [5.74, 6) is 0.688. The summed E-state index contributed by atoms with van der Waals surface area (Å²) in [5, 5.41) is 0. The van der Waals surface area contributed by atoms with E-state index in [2.05, 4.69) is 20.9 Å². The van der Waals surface area contributed by atoms with Crippen LogP contribution in [0.4, 0.5) is 4.79 Å². The quantitative estimate of drug-likeness (QED) is 0.829. The Morgan fingerprint density at radius 2 is 2.29 bits per heavy atom. The molecule has 0 saturated carbocycles. The number of carbonyl (C=O) groups excluding carboxylic acids is 1. The predicted molar refractivity (Wildman–Crippen MR) is 83.4 cm³/mol. The van der Waals surface area contributed by atoms with Crippen LogP contribution in [0.1, 0.15) is 33.6 Å². The third kappa shape index (κ3) is 4.59. The minimum Gasteiger partial charge on any atom is -0.489 e. The second kappa shape index (κ2) is 6.64. The third-order valence-electron chi connectivity index (χ3n) is 3.17. The van der Waals surface area contributed by atoms with Gasteiger partial charge in [-0.25, -0.2) is 4.79 Å². The van der Waals surface area contributed by atoms with E-state index < -0.39 is 5.60 Å². The number of hydrogen-bond donors (Lipinski definition) is 0. The Bertz CT molecular complexity index is 502. The highest BCUT2D eigenvalue weighted by Crippen LogP contribution is 2.25. The molecule has 0 aliphatic carbocycles. The van der Waals surface area contributed by atoms with Crippen molar-refractivity contribution in [3.05, 3.63) is 22.9 Å². The highest BCUT2D eigenvalue weighted by Gasteiger charge is 2.32. The van der Waals surface area contributed by atoms with Gasteiger partial charge in [0, 0.05) is 12.7 Å². The molecule has 5 nitrogen and oxygen atoms in total. The first-order valence-electron chi connectivity index (χ1n) is 7.09. The average Bonchev–Trinajstić information content (AvgIpc) is 2.84. The van der Waals surface area contributed by atoms with Gasteiger partial charge in [-0.15, -0.1) is 0 Å². The van der Waals surface area contributed by atoms with E-state index in [1.54, 1.807) is 17.3 Å². The largest absolute Gasteiger partial charge is 0.489 e. The summed E-state index contributed by atoms with van der Waals surface area (Å²) in [7, 11) is 0. The highest BCUT2D eigenvalue weighted by atomic mass is 79.9. The zero-order valence-electron chi connectivity index (χ0n) is 12.6. The van der Waals surface area contributed by atoms with Crippen LogP contribution in [0.2, 0.25) is 0 Å². The first kappa shape index (κ1) is 16.1. The zero-order chi connectivity index (χ0) is 15.5. The van der Waals surface area contributed by atoms with Gasteiger partial charge in [0.05, 0.1) is 16.7 Å². The Balaban J connectivity index is 1.93. The molecular formula is C15H21BrN2O3. The number of halogens is 1. The van der Waals surface area contributed by atoms with Gasteiger partial charge in [0.15, 0.2) is 5.75 Å². The molecule has 1 aromatic rings. The van der Waals surface area contributed by atoms with Crippen LogP contribution in [-0.2, 0) is 4.74 Å². The first-order chi connectivity index (χ1) is 9.87. The van der Waals surface area contributed by atoms with Gasteiger partial charge < -0.3 is 14.4 Å². The zero-order valence-corrected chi connectivity index (χ0v) is 14.2. The average molecular weight is 357 g/mol. The second-order valence-corrected chi connectivity index (χ2v) is 6.94. The molecule has 116 valence electrons. The molecule has 0 N–H and O–H groups in total.